The van der Waals surface area contributed by atoms with Gasteiger partial charge >= 0.3 is 0 Å². The summed E-state index contributed by atoms with van der Waals surface area (Å²) in [5, 5.41) is 0. The first kappa shape index (κ1) is 13.5. The Balaban J connectivity index is 0.000000379. The highest BCUT2D eigenvalue weighted by molar-refractivity contribution is 4.91. The second-order valence-corrected chi connectivity index (χ2v) is 3.52. The Labute approximate surface area is 89.5 Å². The normalized spacial score (nSPS) is 32.1. The first-order valence-corrected chi connectivity index (χ1v) is 6.16. The minimum absolute atomic E-state index is 0.524. The van der Waals surface area contributed by atoms with E-state index in [2.05, 4.69) is 6.58 Å². The largest absolute Gasteiger partial charge is 0.498 e. The van der Waals surface area contributed by atoms with E-state index < -0.39 is 0 Å². The average Bonchev–Trinajstić information content (AvgIpc) is 2.86. The Hall–Kier alpha value is -0.460. The minimum Gasteiger partial charge on any atom is -0.498 e. The molecule has 0 N–H and O–H groups in total. The van der Waals surface area contributed by atoms with E-state index in [1.54, 1.807) is 6.26 Å². The third-order valence-electron chi connectivity index (χ3n) is 2.94. The molecule has 2 aliphatic carbocycles. The van der Waals surface area contributed by atoms with E-state index in [-0.39, 0.29) is 0 Å². The van der Waals surface area contributed by atoms with E-state index in [9.17, 15) is 0 Å². The standard InChI is InChI=1S/C9H14O.2C2H6/c1-2-10-9-6-7-3-4-8(9)5-7;2*1-2/h2,7-9H,1,3-6H2;2*1-2H3. The smallest absolute Gasteiger partial charge is 0.101 e. The second-order valence-electron chi connectivity index (χ2n) is 3.52. The fourth-order valence-corrected chi connectivity index (χ4v) is 2.48. The van der Waals surface area contributed by atoms with Crippen molar-refractivity contribution in [3.05, 3.63) is 12.8 Å². The van der Waals surface area contributed by atoms with Crippen LogP contribution in [-0.2, 0) is 4.74 Å². The van der Waals surface area contributed by atoms with Gasteiger partial charge in [0.25, 0.3) is 0 Å². The topological polar surface area (TPSA) is 9.23 Å². The molecule has 3 atom stereocenters. The van der Waals surface area contributed by atoms with Gasteiger partial charge in [-0.3, -0.25) is 0 Å². The summed E-state index contributed by atoms with van der Waals surface area (Å²) in [5.74, 6) is 1.85. The van der Waals surface area contributed by atoms with Gasteiger partial charge in [0.15, 0.2) is 0 Å². The Bertz CT molecular complexity index is 142. The van der Waals surface area contributed by atoms with Crippen LogP contribution in [-0.4, -0.2) is 6.10 Å². The maximum absolute atomic E-state index is 5.40. The summed E-state index contributed by atoms with van der Waals surface area (Å²) in [6.45, 7) is 11.6. The molecule has 0 aromatic heterocycles. The third kappa shape index (κ3) is 3.36. The Morgan fingerprint density at radius 1 is 1.07 bits per heavy atom. The first-order chi connectivity index (χ1) is 6.90. The van der Waals surface area contributed by atoms with Gasteiger partial charge in [0.05, 0.1) is 6.26 Å². The van der Waals surface area contributed by atoms with Gasteiger partial charge in [-0.1, -0.05) is 34.3 Å². The van der Waals surface area contributed by atoms with Crippen molar-refractivity contribution in [2.45, 2.75) is 59.5 Å². The zero-order valence-corrected chi connectivity index (χ0v) is 10.3. The molecular formula is C13H26O. The number of rotatable bonds is 2. The summed E-state index contributed by atoms with van der Waals surface area (Å²) in [7, 11) is 0. The van der Waals surface area contributed by atoms with E-state index in [1.165, 1.54) is 25.7 Å². The van der Waals surface area contributed by atoms with Crippen molar-refractivity contribution in [1.82, 2.24) is 0 Å². The third-order valence-corrected chi connectivity index (χ3v) is 2.94. The Morgan fingerprint density at radius 3 is 2.07 bits per heavy atom. The van der Waals surface area contributed by atoms with Crippen LogP contribution in [0.25, 0.3) is 0 Å². The molecule has 3 unspecified atom stereocenters. The van der Waals surface area contributed by atoms with Crippen molar-refractivity contribution in [2.24, 2.45) is 11.8 Å². The lowest BCUT2D eigenvalue weighted by atomic mass is 9.98. The molecule has 1 nitrogen and oxygen atoms in total. The van der Waals surface area contributed by atoms with Gasteiger partial charge in [0.2, 0.25) is 0 Å². The summed E-state index contributed by atoms with van der Waals surface area (Å²) < 4.78 is 5.40. The fraction of sp³-hybridized carbons (Fsp3) is 0.846. The van der Waals surface area contributed by atoms with Crippen LogP contribution in [0.4, 0.5) is 0 Å². The molecule has 2 fully saturated rings. The van der Waals surface area contributed by atoms with E-state index in [4.69, 9.17) is 4.74 Å². The minimum atomic E-state index is 0.524. The van der Waals surface area contributed by atoms with Gasteiger partial charge in [-0.2, -0.15) is 0 Å². The number of hydrogen-bond donors (Lipinski definition) is 0. The zero-order chi connectivity index (χ0) is 11.0. The van der Waals surface area contributed by atoms with E-state index in [0.717, 1.165) is 11.8 Å². The van der Waals surface area contributed by atoms with Gasteiger partial charge in [0, 0.05) is 0 Å². The number of hydrogen-bond acceptors (Lipinski definition) is 1. The molecule has 14 heavy (non-hydrogen) atoms. The molecule has 2 bridgehead atoms. The molecule has 2 rings (SSSR count). The van der Waals surface area contributed by atoms with Crippen molar-refractivity contribution in [3.8, 4) is 0 Å². The van der Waals surface area contributed by atoms with Crippen LogP contribution in [0.5, 0.6) is 0 Å². The van der Waals surface area contributed by atoms with Crippen LogP contribution >= 0.6 is 0 Å². The van der Waals surface area contributed by atoms with E-state index in [0.29, 0.717) is 6.10 Å². The first-order valence-electron chi connectivity index (χ1n) is 6.16. The van der Waals surface area contributed by atoms with Crippen LogP contribution in [0.2, 0.25) is 0 Å². The molecule has 84 valence electrons. The lowest BCUT2D eigenvalue weighted by Crippen LogP contribution is -2.17. The monoisotopic (exact) mass is 198 g/mol. The molecule has 0 aliphatic heterocycles. The predicted molar refractivity (Wildman–Crippen MR) is 63.2 cm³/mol. The Kier molecular flexibility index (Phi) is 7.64. The molecule has 2 aliphatic rings. The van der Waals surface area contributed by atoms with Gasteiger partial charge in [-0.05, 0) is 37.5 Å². The summed E-state index contributed by atoms with van der Waals surface area (Å²) in [4.78, 5) is 0. The Morgan fingerprint density at radius 2 is 1.71 bits per heavy atom. The van der Waals surface area contributed by atoms with Gasteiger partial charge in [0.1, 0.15) is 6.10 Å². The molecule has 2 saturated carbocycles. The molecule has 0 spiro atoms. The van der Waals surface area contributed by atoms with Crippen LogP contribution in [0.3, 0.4) is 0 Å². The lowest BCUT2D eigenvalue weighted by molar-refractivity contribution is 0.0916. The summed E-state index contributed by atoms with van der Waals surface area (Å²) >= 11 is 0. The maximum Gasteiger partial charge on any atom is 0.101 e. The van der Waals surface area contributed by atoms with Crippen molar-refractivity contribution in [3.63, 3.8) is 0 Å². The molecule has 0 heterocycles. The number of ether oxygens (including phenoxy) is 1. The quantitative estimate of drug-likeness (QED) is 0.598. The summed E-state index contributed by atoms with van der Waals surface area (Å²) in [6.07, 6.45) is 7.67. The molecule has 0 aromatic rings. The predicted octanol–water partition coefficient (Wildman–Crippen LogP) is 4.39. The summed E-state index contributed by atoms with van der Waals surface area (Å²) in [6, 6.07) is 0. The molecule has 0 saturated heterocycles. The average molecular weight is 198 g/mol. The zero-order valence-electron chi connectivity index (χ0n) is 10.3. The molecule has 1 heteroatoms. The second kappa shape index (κ2) is 7.90. The van der Waals surface area contributed by atoms with Gasteiger partial charge in [-0.15, -0.1) is 0 Å². The van der Waals surface area contributed by atoms with Gasteiger partial charge in [-0.25, -0.2) is 0 Å². The van der Waals surface area contributed by atoms with Crippen molar-refractivity contribution >= 4 is 0 Å². The van der Waals surface area contributed by atoms with Crippen LogP contribution < -0.4 is 0 Å². The van der Waals surface area contributed by atoms with E-state index >= 15 is 0 Å². The molecular weight excluding hydrogens is 172 g/mol. The van der Waals surface area contributed by atoms with Crippen LogP contribution in [0.15, 0.2) is 12.8 Å². The summed E-state index contributed by atoms with van der Waals surface area (Å²) in [5.41, 5.74) is 0. The highest BCUT2D eigenvalue weighted by Crippen LogP contribution is 2.45. The van der Waals surface area contributed by atoms with Crippen LogP contribution in [0.1, 0.15) is 53.4 Å². The van der Waals surface area contributed by atoms with E-state index in [1.807, 2.05) is 27.7 Å². The molecule has 0 aromatic carbocycles. The van der Waals surface area contributed by atoms with Crippen molar-refractivity contribution in [1.29, 1.82) is 0 Å². The maximum atomic E-state index is 5.40. The SMILES string of the molecule is C=COC1CC2CCC1C2.CC.CC. The molecule has 0 radical (unpaired) electrons. The molecule has 0 amide bonds. The highest BCUT2D eigenvalue weighted by Gasteiger charge is 2.40. The lowest BCUT2D eigenvalue weighted by Gasteiger charge is -2.20. The van der Waals surface area contributed by atoms with Gasteiger partial charge < -0.3 is 4.74 Å². The van der Waals surface area contributed by atoms with Crippen molar-refractivity contribution < 1.29 is 4.74 Å². The fourth-order valence-electron chi connectivity index (χ4n) is 2.48. The van der Waals surface area contributed by atoms with Crippen molar-refractivity contribution in [2.75, 3.05) is 0 Å². The highest BCUT2D eigenvalue weighted by atomic mass is 16.5. The van der Waals surface area contributed by atoms with Crippen LogP contribution in [0, 0.1) is 11.8 Å². The number of fused-ring (bicyclic) bond motifs is 2.